The van der Waals surface area contributed by atoms with Crippen molar-refractivity contribution in [1.82, 2.24) is 4.98 Å². The van der Waals surface area contributed by atoms with Crippen LogP contribution in [-0.4, -0.2) is 23.3 Å². The fourth-order valence-electron chi connectivity index (χ4n) is 3.79. The fourth-order valence-corrected chi connectivity index (χ4v) is 3.79. The molecule has 5 nitrogen and oxygen atoms in total. The summed E-state index contributed by atoms with van der Waals surface area (Å²) in [6.45, 7) is -0.0638. The molecule has 3 aromatic carbocycles. The van der Waals surface area contributed by atoms with Gasteiger partial charge in [0.25, 0.3) is 0 Å². The molecule has 4 rings (SSSR count). The van der Waals surface area contributed by atoms with Gasteiger partial charge in [-0.1, -0.05) is 42.5 Å². The lowest BCUT2D eigenvalue weighted by Gasteiger charge is -2.16. The van der Waals surface area contributed by atoms with Crippen LogP contribution in [0.1, 0.15) is 33.0 Å². The summed E-state index contributed by atoms with van der Waals surface area (Å²) >= 11 is 0. The third-order valence-electron chi connectivity index (χ3n) is 5.47. The molecular formula is C27H23FN2O3. The SMILES string of the molecule is NCC(C(=O)Cc1ccc2cnccc2c1)c1cc(F)cc(COC(=O)c2ccccc2)c1. The maximum atomic E-state index is 14.3. The molecule has 0 aliphatic rings. The number of ether oxygens (including phenoxy) is 1. The molecule has 1 unspecified atom stereocenters. The van der Waals surface area contributed by atoms with Gasteiger partial charge in [-0.2, -0.15) is 0 Å². The smallest absolute Gasteiger partial charge is 0.338 e. The third kappa shape index (κ3) is 5.48. The number of hydrogen-bond acceptors (Lipinski definition) is 5. The summed E-state index contributed by atoms with van der Waals surface area (Å²) in [5, 5.41) is 1.98. The number of carbonyl (C=O) groups excluding carboxylic acids is 2. The number of nitrogens with zero attached hydrogens (tertiary/aromatic N) is 1. The molecule has 0 aliphatic heterocycles. The minimum Gasteiger partial charge on any atom is -0.457 e. The van der Waals surface area contributed by atoms with E-state index in [2.05, 4.69) is 4.98 Å². The number of ketones is 1. The van der Waals surface area contributed by atoms with Gasteiger partial charge in [-0.05, 0) is 52.4 Å². The van der Waals surface area contributed by atoms with Crippen molar-refractivity contribution in [1.29, 1.82) is 0 Å². The number of rotatable bonds is 8. The zero-order valence-electron chi connectivity index (χ0n) is 17.9. The molecule has 1 atom stereocenters. The summed E-state index contributed by atoms with van der Waals surface area (Å²) in [6, 6.07) is 20.5. The van der Waals surface area contributed by atoms with E-state index in [0.29, 0.717) is 16.7 Å². The average molecular weight is 442 g/mol. The summed E-state index contributed by atoms with van der Waals surface area (Å²) < 4.78 is 19.6. The highest BCUT2D eigenvalue weighted by atomic mass is 19.1. The molecule has 0 radical (unpaired) electrons. The monoisotopic (exact) mass is 442 g/mol. The Balaban J connectivity index is 1.49. The second-order valence-electron chi connectivity index (χ2n) is 7.82. The lowest BCUT2D eigenvalue weighted by atomic mass is 9.89. The summed E-state index contributed by atoms with van der Waals surface area (Å²) in [5.41, 5.74) is 8.10. The number of aromatic nitrogens is 1. The first-order valence-corrected chi connectivity index (χ1v) is 10.6. The van der Waals surface area contributed by atoms with Gasteiger partial charge in [0.2, 0.25) is 0 Å². The van der Waals surface area contributed by atoms with E-state index in [0.717, 1.165) is 16.3 Å². The van der Waals surface area contributed by atoms with Crippen LogP contribution < -0.4 is 5.73 Å². The van der Waals surface area contributed by atoms with Crippen LogP contribution in [0.2, 0.25) is 0 Å². The average Bonchev–Trinajstić information content (AvgIpc) is 2.83. The highest BCUT2D eigenvalue weighted by Crippen LogP contribution is 2.23. The van der Waals surface area contributed by atoms with E-state index in [1.165, 1.54) is 12.1 Å². The maximum Gasteiger partial charge on any atom is 0.338 e. The molecule has 33 heavy (non-hydrogen) atoms. The van der Waals surface area contributed by atoms with Crippen molar-refractivity contribution in [2.75, 3.05) is 6.54 Å². The highest BCUT2D eigenvalue weighted by molar-refractivity contribution is 5.90. The summed E-state index contributed by atoms with van der Waals surface area (Å²) in [7, 11) is 0. The molecule has 1 aromatic heterocycles. The molecule has 4 aromatic rings. The molecule has 2 N–H and O–H groups in total. The second-order valence-corrected chi connectivity index (χ2v) is 7.82. The Morgan fingerprint density at radius 1 is 0.939 bits per heavy atom. The number of hydrogen-bond donors (Lipinski definition) is 1. The highest BCUT2D eigenvalue weighted by Gasteiger charge is 2.21. The minimum absolute atomic E-state index is 0.0447. The predicted octanol–water partition coefficient (Wildman–Crippen LogP) is 4.59. The quantitative estimate of drug-likeness (QED) is 0.404. The van der Waals surface area contributed by atoms with E-state index in [4.69, 9.17) is 10.5 Å². The van der Waals surface area contributed by atoms with Crippen LogP contribution in [0.5, 0.6) is 0 Å². The first-order valence-electron chi connectivity index (χ1n) is 10.6. The molecule has 166 valence electrons. The molecule has 0 fully saturated rings. The van der Waals surface area contributed by atoms with Crippen molar-refractivity contribution < 1.29 is 18.7 Å². The molecule has 0 spiro atoms. The maximum absolute atomic E-state index is 14.3. The van der Waals surface area contributed by atoms with Crippen molar-refractivity contribution in [2.45, 2.75) is 18.9 Å². The topological polar surface area (TPSA) is 82.3 Å². The minimum atomic E-state index is -0.669. The number of pyridine rings is 1. The summed E-state index contributed by atoms with van der Waals surface area (Å²) in [5.74, 6) is -1.79. The van der Waals surface area contributed by atoms with E-state index in [9.17, 15) is 14.0 Å². The first-order chi connectivity index (χ1) is 16.0. The molecular weight excluding hydrogens is 419 g/mol. The fraction of sp³-hybridized carbons (Fsp3) is 0.148. The van der Waals surface area contributed by atoms with Gasteiger partial charge in [0.15, 0.2) is 0 Å². The van der Waals surface area contributed by atoms with E-state index >= 15 is 0 Å². The predicted molar refractivity (Wildman–Crippen MR) is 124 cm³/mol. The van der Waals surface area contributed by atoms with Crippen LogP contribution in [0.4, 0.5) is 4.39 Å². The number of nitrogens with two attached hydrogens (primary N) is 1. The molecule has 0 bridgehead atoms. The first kappa shape index (κ1) is 22.3. The number of halogens is 1. The van der Waals surface area contributed by atoms with E-state index in [-0.39, 0.29) is 25.4 Å². The molecule has 0 amide bonds. The zero-order chi connectivity index (χ0) is 23.2. The Morgan fingerprint density at radius 2 is 1.76 bits per heavy atom. The van der Waals surface area contributed by atoms with E-state index in [1.807, 2.05) is 24.3 Å². The zero-order valence-corrected chi connectivity index (χ0v) is 17.9. The van der Waals surface area contributed by atoms with Crippen LogP contribution in [0.3, 0.4) is 0 Å². The normalized spacial score (nSPS) is 11.8. The van der Waals surface area contributed by atoms with Gasteiger partial charge in [-0.3, -0.25) is 9.78 Å². The Kier molecular flexibility index (Phi) is 6.86. The van der Waals surface area contributed by atoms with Crippen LogP contribution in [0, 0.1) is 5.82 Å². The van der Waals surface area contributed by atoms with Crippen molar-refractivity contribution in [3.8, 4) is 0 Å². The molecule has 6 heteroatoms. The standard InChI is InChI=1S/C27H23FN2O3/c28-24-12-19(17-33-27(32)20-4-2-1-3-5-20)11-23(14-24)25(15-29)26(31)13-18-6-7-22-16-30-9-8-21(22)10-18/h1-12,14,16,25H,13,15,17,29H2. The Bertz CT molecular complexity index is 1290. The molecule has 0 saturated heterocycles. The Morgan fingerprint density at radius 3 is 2.55 bits per heavy atom. The van der Waals surface area contributed by atoms with Crippen molar-refractivity contribution >= 4 is 22.5 Å². The summed E-state index contributed by atoms with van der Waals surface area (Å²) in [4.78, 5) is 29.3. The van der Waals surface area contributed by atoms with Gasteiger partial charge in [-0.25, -0.2) is 9.18 Å². The number of carbonyl (C=O) groups is 2. The summed E-state index contributed by atoms with van der Waals surface area (Å²) in [6.07, 6.45) is 3.65. The molecule has 0 saturated carbocycles. The van der Waals surface area contributed by atoms with Crippen molar-refractivity contribution in [3.63, 3.8) is 0 Å². The van der Waals surface area contributed by atoms with Gasteiger partial charge in [-0.15, -0.1) is 0 Å². The van der Waals surface area contributed by atoms with Crippen LogP contribution in [-0.2, 0) is 22.6 Å². The van der Waals surface area contributed by atoms with Crippen LogP contribution in [0.25, 0.3) is 10.8 Å². The van der Waals surface area contributed by atoms with Gasteiger partial charge in [0.05, 0.1) is 11.5 Å². The number of benzene rings is 3. The lowest BCUT2D eigenvalue weighted by Crippen LogP contribution is -2.23. The van der Waals surface area contributed by atoms with Gasteiger partial charge in [0.1, 0.15) is 18.2 Å². The van der Waals surface area contributed by atoms with Gasteiger partial charge < -0.3 is 10.5 Å². The second kappa shape index (κ2) is 10.1. The number of Topliss-reactive ketones (excluding diaryl/α,β-unsaturated/α-hetero) is 1. The lowest BCUT2D eigenvalue weighted by molar-refractivity contribution is -0.119. The van der Waals surface area contributed by atoms with E-state index in [1.54, 1.807) is 48.8 Å². The van der Waals surface area contributed by atoms with E-state index < -0.39 is 17.7 Å². The van der Waals surface area contributed by atoms with Gasteiger partial charge >= 0.3 is 5.97 Å². The largest absolute Gasteiger partial charge is 0.457 e. The van der Waals surface area contributed by atoms with Crippen molar-refractivity contribution in [2.24, 2.45) is 5.73 Å². The molecule has 0 aliphatic carbocycles. The Hall–Kier alpha value is -3.90. The van der Waals surface area contributed by atoms with Crippen molar-refractivity contribution in [3.05, 3.63) is 113 Å². The number of fused-ring (bicyclic) bond motifs is 1. The third-order valence-corrected chi connectivity index (χ3v) is 5.47. The molecule has 1 heterocycles. The van der Waals surface area contributed by atoms with Crippen LogP contribution in [0.15, 0.2) is 85.2 Å². The van der Waals surface area contributed by atoms with Crippen LogP contribution >= 0.6 is 0 Å². The number of esters is 1. The Labute approximate surface area is 191 Å². The van der Waals surface area contributed by atoms with Gasteiger partial charge in [0, 0.05) is 30.7 Å².